The summed E-state index contributed by atoms with van der Waals surface area (Å²) in [5.41, 5.74) is 5.65. The first-order valence-electron chi connectivity index (χ1n) is 9.69. The van der Waals surface area contributed by atoms with E-state index in [0.717, 1.165) is 22.4 Å². The van der Waals surface area contributed by atoms with Crippen LogP contribution in [0.15, 0.2) is 54.7 Å². The van der Waals surface area contributed by atoms with Crippen LogP contribution in [0.2, 0.25) is 0 Å². The number of carbonyl (C=O) groups excluding carboxylic acids is 1. The number of hydrogen-bond donors (Lipinski definition) is 0. The topological polar surface area (TPSA) is 83.5 Å². The van der Waals surface area contributed by atoms with Crippen LogP contribution in [0, 0.1) is 18.3 Å². The highest BCUT2D eigenvalue weighted by Gasteiger charge is 2.22. The van der Waals surface area contributed by atoms with Crippen molar-refractivity contribution in [2.45, 2.75) is 6.92 Å². The van der Waals surface area contributed by atoms with Crippen LogP contribution < -0.4 is 4.74 Å². The van der Waals surface area contributed by atoms with E-state index in [1.54, 1.807) is 32.4 Å². The van der Waals surface area contributed by atoms with Crippen molar-refractivity contribution < 1.29 is 9.53 Å². The zero-order chi connectivity index (χ0) is 22.1. The number of nitrogens with zero attached hydrogens (tertiary/aromatic N) is 5. The lowest BCUT2D eigenvalue weighted by Gasteiger charge is -2.14. The number of hydrogen-bond acceptors (Lipinski definition) is 5. The normalized spacial score (nSPS) is 10.7. The first-order chi connectivity index (χ1) is 14.9. The Morgan fingerprint density at radius 2 is 1.68 bits per heavy atom. The molecule has 0 fully saturated rings. The molecule has 0 aliphatic rings. The molecule has 7 nitrogen and oxygen atoms in total. The molecular weight excluding hydrogens is 390 g/mol. The third-order valence-corrected chi connectivity index (χ3v) is 5.01. The number of rotatable bonds is 4. The summed E-state index contributed by atoms with van der Waals surface area (Å²) in [6.07, 6.45) is 1.71. The van der Waals surface area contributed by atoms with Crippen molar-refractivity contribution in [2.24, 2.45) is 0 Å². The summed E-state index contributed by atoms with van der Waals surface area (Å²) in [5, 5.41) is 9.15. The molecule has 0 saturated carbocycles. The molecule has 0 unspecified atom stereocenters. The zero-order valence-corrected chi connectivity index (χ0v) is 17.7. The van der Waals surface area contributed by atoms with Gasteiger partial charge in [0.25, 0.3) is 11.8 Å². The molecule has 154 valence electrons. The van der Waals surface area contributed by atoms with E-state index in [1.807, 2.05) is 47.7 Å². The lowest BCUT2D eigenvalue weighted by atomic mass is 10.0. The summed E-state index contributed by atoms with van der Waals surface area (Å²) < 4.78 is 7.37. The van der Waals surface area contributed by atoms with Gasteiger partial charge in [-0.1, -0.05) is 42.0 Å². The highest BCUT2D eigenvalue weighted by Crippen LogP contribution is 2.35. The van der Waals surface area contributed by atoms with E-state index in [4.69, 9.17) is 15.0 Å². The minimum Gasteiger partial charge on any atom is -0.478 e. The number of amides is 1. The summed E-state index contributed by atoms with van der Waals surface area (Å²) in [4.78, 5) is 23.3. The van der Waals surface area contributed by atoms with E-state index in [-0.39, 0.29) is 5.91 Å². The largest absolute Gasteiger partial charge is 0.478 e. The maximum absolute atomic E-state index is 12.6. The smallest absolute Gasteiger partial charge is 0.273 e. The van der Waals surface area contributed by atoms with Crippen molar-refractivity contribution >= 4 is 11.6 Å². The van der Waals surface area contributed by atoms with Crippen LogP contribution in [0.5, 0.6) is 5.88 Å². The van der Waals surface area contributed by atoms with Gasteiger partial charge in [-0.15, -0.1) is 0 Å². The maximum Gasteiger partial charge on any atom is 0.273 e. The summed E-state index contributed by atoms with van der Waals surface area (Å²) in [5.74, 6) is 0.105. The molecule has 0 saturated heterocycles. The van der Waals surface area contributed by atoms with E-state index in [9.17, 15) is 4.79 Å². The molecule has 4 rings (SSSR count). The minimum atomic E-state index is -0.208. The van der Waals surface area contributed by atoms with E-state index in [2.05, 4.69) is 11.1 Å². The predicted octanol–water partition coefficient (Wildman–Crippen LogP) is 3.95. The molecule has 0 spiro atoms. The van der Waals surface area contributed by atoms with Gasteiger partial charge in [-0.05, 0) is 19.1 Å². The van der Waals surface area contributed by atoms with Gasteiger partial charge in [-0.2, -0.15) is 5.26 Å². The van der Waals surface area contributed by atoms with E-state index in [1.165, 1.54) is 12.0 Å². The third-order valence-electron chi connectivity index (χ3n) is 5.01. The van der Waals surface area contributed by atoms with Gasteiger partial charge in [0.2, 0.25) is 5.65 Å². The molecule has 0 radical (unpaired) electrons. The van der Waals surface area contributed by atoms with Crippen LogP contribution >= 0.6 is 0 Å². The molecule has 7 heteroatoms. The number of benzene rings is 2. The van der Waals surface area contributed by atoms with E-state index >= 15 is 0 Å². The zero-order valence-electron chi connectivity index (χ0n) is 17.7. The van der Waals surface area contributed by atoms with Gasteiger partial charge < -0.3 is 9.64 Å². The third kappa shape index (κ3) is 3.60. The fourth-order valence-electron chi connectivity index (χ4n) is 3.38. The van der Waals surface area contributed by atoms with Crippen molar-refractivity contribution in [3.63, 3.8) is 0 Å². The number of carbonyl (C=O) groups is 1. The predicted molar refractivity (Wildman–Crippen MR) is 118 cm³/mol. The van der Waals surface area contributed by atoms with Crippen LogP contribution in [0.1, 0.15) is 21.6 Å². The first kappa shape index (κ1) is 20.1. The Kier molecular flexibility index (Phi) is 5.14. The molecule has 31 heavy (non-hydrogen) atoms. The van der Waals surface area contributed by atoms with Gasteiger partial charge in [0.05, 0.1) is 30.1 Å². The van der Waals surface area contributed by atoms with Gasteiger partial charge in [0, 0.05) is 31.4 Å². The fraction of sp³-hybridized carbons (Fsp3) is 0.167. The maximum atomic E-state index is 12.6. The molecule has 0 bridgehead atoms. The van der Waals surface area contributed by atoms with Crippen molar-refractivity contribution in [2.75, 3.05) is 21.2 Å². The quantitative estimate of drug-likeness (QED) is 0.508. The molecule has 0 aliphatic heterocycles. The second-order valence-corrected chi connectivity index (χ2v) is 7.39. The van der Waals surface area contributed by atoms with Gasteiger partial charge in [-0.3, -0.25) is 9.20 Å². The van der Waals surface area contributed by atoms with Gasteiger partial charge in [0.1, 0.15) is 5.69 Å². The van der Waals surface area contributed by atoms with Crippen molar-refractivity contribution in [1.29, 1.82) is 5.26 Å². The summed E-state index contributed by atoms with van der Waals surface area (Å²) in [7, 11) is 4.90. The molecule has 2 aromatic carbocycles. The lowest BCUT2D eigenvalue weighted by Crippen LogP contribution is -2.21. The Bertz CT molecular complexity index is 1310. The Balaban J connectivity index is 2.07. The molecule has 2 aromatic heterocycles. The van der Waals surface area contributed by atoms with Crippen LogP contribution in [0.4, 0.5) is 0 Å². The Morgan fingerprint density at radius 1 is 1.03 bits per heavy atom. The van der Waals surface area contributed by atoms with Gasteiger partial charge in [-0.25, -0.2) is 9.97 Å². The van der Waals surface area contributed by atoms with Crippen molar-refractivity contribution in [1.82, 2.24) is 19.3 Å². The average Bonchev–Trinajstić information content (AvgIpc) is 3.23. The van der Waals surface area contributed by atoms with E-state index in [0.29, 0.717) is 28.5 Å². The molecule has 2 heterocycles. The molecule has 0 atom stereocenters. The number of aromatic nitrogens is 3. The molecular formula is C24H21N5O2. The molecule has 0 aliphatic carbocycles. The summed E-state index contributed by atoms with van der Waals surface area (Å²) in [6.45, 7) is 2.03. The highest BCUT2D eigenvalue weighted by atomic mass is 16.5. The second-order valence-electron chi connectivity index (χ2n) is 7.39. The number of nitriles is 1. The first-order valence-corrected chi connectivity index (χ1v) is 9.69. The fourth-order valence-corrected chi connectivity index (χ4v) is 3.38. The highest BCUT2D eigenvalue weighted by molar-refractivity contribution is 5.93. The molecule has 1 amide bonds. The molecule has 0 N–H and O–H groups in total. The Morgan fingerprint density at radius 3 is 2.26 bits per heavy atom. The van der Waals surface area contributed by atoms with Crippen LogP contribution in [0.25, 0.3) is 28.2 Å². The lowest BCUT2D eigenvalue weighted by molar-refractivity contribution is 0.0822. The number of aryl methyl sites for hydroxylation is 1. The van der Waals surface area contributed by atoms with Gasteiger partial charge >= 0.3 is 0 Å². The number of imidazole rings is 1. The SMILES string of the molecule is COc1nc(-c2ccc(C#N)cc2)c(-c2ccc(C)cc2)n2cc(C(=O)N(C)C)nc12. The summed E-state index contributed by atoms with van der Waals surface area (Å²) in [6, 6.07) is 17.4. The molecule has 4 aromatic rings. The Hall–Kier alpha value is -4.18. The number of ether oxygens (including phenoxy) is 1. The average molecular weight is 411 g/mol. The number of fused-ring (bicyclic) bond motifs is 1. The number of methoxy groups -OCH3 is 1. The minimum absolute atomic E-state index is 0.208. The standard InChI is InChI=1S/C24H21N5O2/c1-15-5-9-18(10-6-15)21-20(17-11-7-16(13-25)8-12-17)27-23(31-4)22-26-19(14-29(21)22)24(30)28(2)3/h5-12,14H,1-4H3. The van der Waals surface area contributed by atoms with Crippen molar-refractivity contribution in [3.05, 3.63) is 71.5 Å². The second kappa shape index (κ2) is 7.92. The summed E-state index contributed by atoms with van der Waals surface area (Å²) >= 11 is 0. The Labute approximate surface area is 180 Å². The van der Waals surface area contributed by atoms with Crippen LogP contribution in [-0.4, -0.2) is 46.4 Å². The van der Waals surface area contributed by atoms with Gasteiger partial charge in [0.15, 0.2) is 0 Å². The van der Waals surface area contributed by atoms with E-state index < -0.39 is 0 Å². The monoisotopic (exact) mass is 411 g/mol. The van der Waals surface area contributed by atoms with Crippen LogP contribution in [0.3, 0.4) is 0 Å². The van der Waals surface area contributed by atoms with Crippen molar-refractivity contribution in [3.8, 4) is 34.5 Å². The van der Waals surface area contributed by atoms with Crippen LogP contribution in [-0.2, 0) is 0 Å².